The molecule has 0 bridgehead atoms. The van der Waals surface area contributed by atoms with Crippen LogP contribution in [0.15, 0.2) is 11.3 Å². The third kappa shape index (κ3) is 1.56. The number of carbonyl (C=O) groups is 2. The molecular formula is C9H12O4. The molecule has 13 heavy (non-hydrogen) atoms. The van der Waals surface area contributed by atoms with Gasteiger partial charge in [0.1, 0.15) is 11.3 Å². The first kappa shape index (κ1) is 9.77. The van der Waals surface area contributed by atoms with Crippen molar-refractivity contribution in [2.75, 3.05) is 7.11 Å². The maximum atomic E-state index is 11.4. The van der Waals surface area contributed by atoms with Gasteiger partial charge in [0.05, 0.1) is 7.11 Å². The number of carbonyl (C=O) groups excluding carboxylic acids is 2. The normalized spacial score (nSPS) is 21.8. The summed E-state index contributed by atoms with van der Waals surface area (Å²) in [6.45, 7) is 3.44. The molecule has 4 heteroatoms. The number of esters is 1. The summed E-state index contributed by atoms with van der Waals surface area (Å²) in [6, 6.07) is 0. The Morgan fingerprint density at radius 2 is 2.23 bits per heavy atom. The largest absolute Gasteiger partial charge is 0.486 e. The first-order valence-corrected chi connectivity index (χ1v) is 4.14. The fourth-order valence-electron chi connectivity index (χ4n) is 1.24. The molecule has 1 rings (SSSR count). The molecule has 0 spiro atoms. The number of rotatable bonds is 2. The molecule has 0 amide bonds. The van der Waals surface area contributed by atoms with Crippen LogP contribution in [0.2, 0.25) is 0 Å². The highest BCUT2D eigenvalue weighted by Crippen LogP contribution is 2.24. The summed E-state index contributed by atoms with van der Waals surface area (Å²) >= 11 is 0. The Hall–Kier alpha value is -1.32. The topological polar surface area (TPSA) is 52.6 Å². The third-order valence-corrected chi connectivity index (χ3v) is 1.92. The standard InChI is InChI=1S/C9H12O4/c1-4-6-7(9(11)12-3)8(10)5(2)13-6/h5H,4H2,1-3H3/t5-/m0/s1. The van der Waals surface area contributed by atoms with Crippen LogP contribution in [0.3, 0.4) is 0 Å². The zero-order valence-corrected chi connectivity index (χ0v) is 7.92. The Kier molecular flexibility index (Phi) is 2.70. The predicted molar refractivity (Wildman–Crippen MR) is 44.9 cm³/mol. The molecule has 0 aromatic carbocycles. The number of ketones is 1. The molecule has 1 atom stereocenters. The molecule has 4 nitrogen and oxygen atoms in total. The second-order valence-corrected chi connectivity index (χ2v) is 2.77. The van der Waals surface area contributed by atoms with Gasteiger partial charge in [0.25, 0.3) is 0 Å². The molecule has 0 fully saturated rings. The van der Waals surface area contributed by atoms with E-state index in [9.17, 15) is 9.59 Å². The highest BCUT2D eigenvalue weighted by Gasteiger charge is 2.35. The Labute approximate surface area is 76.5 Å². The van der Waals surface area contributed by atoms with Crippen LogP contribution in [0, 0.1) is 0 Å². The summed E-state index contributed by atoms with van der Waals surface area (Å²) in [5.41, 5.74) is 0.0671. The molecule has 0 N–H and O–H groups in total. The van der Waals surface area contributed by atoms with Crippen molar-refractivity contribution in [3.8, 4) is 0 Å². The van der Waals surface area contributed by atoms with E-state index in [2.05, 4.69) is 4.74 Å². The molecule has 1 aliphatic heterocycles. The summed E-state index contributed by atoms with van der Waals surface area (Å²) in [7, 11) is 1.25. The Morgan fingerprint density at radius 3 is 2.69 bits per heavy atom. The molecule has 0 aromatic heterocycles. The van der Waals surface area contributed by atoms with Crippen LogP contribution in [-0.4, -0.2) is 25.0 Å². The van der Waals surface area contributed by atoms with E-state index in [4.69, 9.17) is 4.74 Å². The summed E-state index contributed by atoms with van der Waals surface area (Å²) in [5.74, 6) is -0.459. The maximum absolute atomic E-state index is 11.4. The van der Waals surface area contributed by atoms with Crippen molar-refractivity contribution in [3.05, 3.63) is 11.3 Å². The van der Waals surface area contributed by atoms with Gasteiger partial charge >= 0.3 is 5.97 Å². The lowest BCUT2D eigenvalue weighted by Crippen LogP contribution is -2.18. The van der Waals surface area contributed by atoms with E-state index in [0.717, 1.165) is 0 Å². The van der Waals surface area contributed by atoms with Crippen molar-refractivity contribution in [1.82, 2.24) is 0 Å². The minimum atomic E-state index is -0.605. The molecule has 1 heterocycles. The van der Waals surface area contributed by atoms with Crippen LogP contribution >= 0.6 is 0 Å². The van der Waals surface area contributed by atoms with Crippen molar-refractivity contribution in [2.24, 2.45) is 0 Å². The second kappa shape index (κ2) is 3.60. The van der Waals surface area contributed by atoms with Gasteiger partial charge in [-0.25, -0.2) is 4.79 Å². The average Bonchev–Trinajstić information content (AvgIpc) is 2.42. The van der Waals surface area contributed by atoms with E-state index >= 15 is 0 Å². The van der Waals surface area contributed by atoms with E-state index in [1.807, 2.05) is 6.92 Å². The fourth-order valence-corrected chi connectivity index (χ4v) is 1.24. The molecule has 1 aliphatic rings. The summed E-state index contributed by atoms with van der Waals surface area (Å²) < 4.78 is 9.67. The van der Waals surface area contributed by atoms with Crippen LogP contribution < -0.4 is 0 Å². The molecule has 0 saturated heterocycles. The summed E-state index contributed by atoms with van der Waals surface area (Å²) in [4.78, 5) is 22.5. The van der Waals surface area contributed by atoms with E-state index in [1.54, 1.807) is 6.92 Å². The SMILES string of the molecule is CCC1=C(C(=O)OC)C(=O)[C@H](C)O1. The van der Waals surface area contributed by atoms with Crippen molar-refractivity contribution in [2.45, 2.75) is 26.4 Å². The highest BCUT2D eigenvalue weighted by atomic mass is 16.5. The van der Waals surface area contributed by atoms with E-state index in [0.29, 0.717) is 12.2 Å². The van der Waals surface area contributed by atoms with Crippen LogP contribution in [0.25, 0.3) is 0 Å². The summed E-state index contributed by atoms with van der Waals surface area (Å²) in [5, 5.41) is 0. The van der Waals surface area contributed by atoms with Crippen molar-refractivity contribution >= 4 is 11.8 Å². The monoisotopic (exact) mass is 184 g/mol. The van der Waals surface area contributed by atoms with Crippen LogP contribution in [0.1, 0.15) is 20.3 Å². The minimum absolute atomic E-state index is 0.0671. The molecular weight excluding hydrogens is 172 g/mol. The number of hydrogen-bond donors (Lipinski definition) is 0. The van der Waals surface area contributed by atoms with E-state index < -0.39 is 12.1 Å². The second-order valence-electron chi connectivity index (χ2n) is 2.77. The van der Waals surface area contributed by atoms with Gasteiger partial charge in [-0.1, -0.05) is 6.92 Å². The van der Waals surface area contributed by atoms with Crippen LogP contribution in [-0.2, 0) is 19.1 Å². The van der Waals surface area contributed by atoms with Gasteiger partial charge in [-0.15, -0.1) is 0 Å². The first-order valence-electron chi connectivity index (χ1n) is 4.14. The lowest BCUT2D eigenvalue weighted by atomic mass is 10.1. The summed E-state index contributed by atoms with van der Waals surface area (Å²) in [6.07, 6.45) is -0.0235. The maximum Gasteiger partial charge on any atom is 0.345 e. The minimum Gasteiger partial charge on any atom is -0.486 e. The highest BCUT2D eigenvalue weighted by molar-refractivity contribution is 6.20. The third-order valence-electron chi connectivity index (χ3n) is 1.92. The van der Waals surface area contributed by atoms with Crippen LogP contribution in [0.5, 0.6) is 0 Å². The van der Waals surface area contributed by atoms with Gasteiger partial charge in [0.15, 0.2) is 6.10 Å². The Morgan fingerprint density at radius 1 is 1.62 bits per heavy atom. The first-order chi connectivity index (χ1) is 6.11. The van der Waals surface area contributed by atoms with Gasteiger partial charge in [0, 0.05) is 6.42 Å². The molecule has 0 aromatic rings. The van der Waals surface area contributed by atoms with Crippen molar-refractivity contribution < 1.29 is 19.1 Å². The number of methoxy groups -OCH3 is 1. The van der Waals surface area contributed by atoms with Gasteiger partial charge in [-0.05, 0) is 6.92 Å². The van der Waals surface area contributed by atoms with Gasteiger partial charge in [-0.2, -0.15) is 0 Å². The Bertz CT molecular complexity index is 277. The van der Waals surface area contributed by atoms with Crippen molar-refractivity contribution in [1.29, 1.82) is 0 Å². The van der Waals surface area contributed by atoms with E-state index in [1.165, 1.54) is 7.11 Å². The number of ether oxygens (including phenoxy) is 2. The smallest absolute Gasteiger partial charge is 0.345 e. The number of allylic oxidation sites excluding steroid dienone is 1. The lowest BCUT2D eigenvalue weighted by Gasteiger charge is -2.02. The lowest BCUT2D eigenvalue weighted by molar-refractivity contribution is -0.137. The molecule has 72 valence electrons. The quantitative estimate of drug-likeness (QED) is 0.470. The van der Waals surface area contributed by atoms with Gasteiger partial charge < -0.3 is 9.47 Å². The molecule has 0 radical (unpaired) electrons. The van der Waals surface area contributed by atoms with Gasteiger partial charge in [0.2, 0.25) is 5.78 Å². The molecule has 0 aliphatic carbocycles. The predicted octanol–water partition coefficient (Wildman–Crippen LogP) is 0.811. The van der Waals surface area contributed by atoms with E-state index in [-0.39, 0.29) is 11.4 Å². The zero-order chi connectivity index (χ0) is 10.0. The zero-order valence-electron chi connectivity index (χ0n) is 7.92. The fraction of sp³-hybridized carbons (Fsp3) is 0.556. The molecule has 0 saturated carbocycles. The van der Waals surface area contributed by atoms with Crippen LogP contribution in [0.4, 0.5) is 0 Å². The van der Waals surface area contributed by atoms with Crippen molar-refractivity contribution in [3.63, 3.8) is 0 Å². The van der Waals surface area contributed by atoms with Gasteiger partial charge in [-0.3, -0.25) is 4.79 Å². The number of hydrogen-bond acceptors (Lipinski definition) is 4. The number of Topliss-reactive ketones (excluding diaryl/α,β-unsaturated/α-hetero) is 1. The average molecular weight is 184 g/mol. The molecule has 0 unspecified atom stereocenters. The Balaban J connectivity index is 3.00.